The Balaban J connectivity index is 1.79. The molecule has 2 amide bonds. The van der Waals surface area contributed by atoms with Crippen molar-refractivity contribution in [1.82, 2.24) is 10.3 Å². The third kappa shape index (κ3) is 3.18. The molecule has 118 valence electrons. The molecule has 23 heavy (non-hydrogen) atoms. The maximum atomic E-state index is 13.6. The number of anilines is 1. The quantitative estimate of drug-likeness (QED) is 0.855. The maximum absolute atomic E-state index is 13.6. The number of carbonyl (C=O) groups excluding carboxylic acids is 2. The van der Waals surface area contributed by atoms with Crippen LogP contribution >= 0.6 is 0 Å². The topological polar surface area (TPSA) is 71.1 Å². The predicted molar refractivity (Wildman–Crippen MR) is 78.7 cm³/mol. The highest BCUT2D eigenvalue weighted by Gasteiger charge is 2.22. The zero-order valence-electron chi connectivity index (χ0n) is 12.0. The van der Waals surface area contributed by atoms with Gasteiger partial charge < -0.3 is 10.6 Å². The molecule has 1 aliphatic heterocycles. The Morgan fingerprint density at radius 2 is 2.13 bits per heavy atom. The Hall–Kier alpha value is -2.83. The van der Waals surface area contributed by atoms with Gasteiger partial charge in [0.25, 0.3) is 5.91 Å². The molecule has 1 fully saturated rings. The number of pyridine rings is 1. The second-order valence-corrected chi connectivity index (χ2v) is 5.20. The molecule has 1 aliphatic rings. The summed E-state index contributed by atoms with van der Waals surface area (Å²) in [6, 6.07) is 7.89. The van der Waals surface area contributed by atoms with Crippen molar-refractivity contribution in [3.63, 3.8) is 0 Å². The molecule has 0 aliphatic carbocycles. The highest BCUT2D eigenvalue weighted by atomic mass is 19.2. The van der Waals surface area contributed by atoms with E-state index in [0.717, 1.165) is 17.8 Å². The minimum Gasteiger partial charge on any atom is -0.349 e. The minimum atomic E-state index is -1.32. The molecule has 1 atom stereocenters. The molecule has 0 radical (unpaired) electrons. The number of aromatic nitrogens is 1. The lowest BCUT2D eigenvalue weighted by atomic mass is 10.0. The van der Waals surface area contributed by atoms with Crippen LogP contribution in [0.15, 0.2) is 36.5 Å². The summed E-state index contributed by atoms with van der Waals surface area (Å²) in [5.74, 6) is -3.39. The summed E-state index contributed by atoms with van der Waals surface area (Å²) >= 11 is 0. The lowest BCUT2D eigenvalue weighted by Crippen LogP contribution is -2.19. The lowest BCUT2D eigenvalue weighted by Gasteiger charge is -2.12. The fourth-order valence-electron chi connectivity index (χ4n) is 2.49. The molecule has 1 aromatic carbocycles. The van der Waals surface area contributed by atoms with Gasteiger partial charge in [0.1, 0.15) is 0 Å². The number of nitrogens with one attached hydrogen (secondary N) is 2. The van der Waals surface area contributed by atoms with E-state index in [1.807, 2.05) is 6.07 Å². The molecule has 0 spiro atoms. The van der Waals surface area contributed by atoms with Crippen molar-refractivity contribution in [2.45, 2.75) is 18.9 Å². The smallest absolute Gasteiger partial charge is 0.258 e. The van der Waals surface area contributed by atoms with Crippen LogP contribution in [0.4, 0.5) is 14.5 Å². The Bertz CT molecular complexity index is 780. The van der Waals surface area contributed by atoms with Crippen molar-refractivity contribution < 1.29 is 18.4 Å². The molecule has 1 aromatic heterocycles. The van der Waals surface area contributed by atoms with Crippen LogP contribution in [0.25, 0.3) is 0 Å². The van der Waals surface area contributed by atoms with E-state index in [2.05, 4.69) is 15.6 Å². The average molecular weight is 317 g/mol. The van der Waals surface area contributed by atoms with Crippen LogP contribution in [0.2, 0.25) is 0 Å². The van der Waals surface area contributed by atoms with E-state index in [-0.39, 0.29) is 11.9 Å². The van der Waals surface area contributed by atoms with Gasteiger partial charge in [0, 0.05) is 18.3 Å². The number of carbonyl (C=O) groups is 2. The van der Waals surface area contributed by atoms with E-state index in [4.69, 9.17) is 0 Å². The van der Waals surface area contributed by atoms with Gasteiger partial charge in [0.2, 0.25) is 11.9 Å². The van der Waals surface area contributed by atoms with Gasteiger partial charge in [-0.25, -0.2) is 9.37 Å². The van der Waals surface area contributed by atoms with Crippen LogP contribution in [0, 0.1) is 11.8 Å². The Morgan fingerprint density at radius 3 is 2.87 bits per heavy atom. The van der Waals surface area contributed by atoms with E-state index in [1.165, 1.54) is 0 Å². The van der Waals surface area contributed by atoms with Crippen molar-refractivity contribution in [2.24, 2.45) is 0 Å². The monoisotopic (exact) mass is 317 g/mol. The van der Waals surface area contributed by atoms with Gasteiger partial charge in [-0.1, -0.05) is 12.1 Å². The number of nitrogens with zero attached hydrogens (tertiary/aromatic N) is 1. The Morgan fingerprint density at radius 1 is 1.30 bits per heavy atom. The molecular formula is C16H13F2N3O2. The standard InChI is InChI=1S/C16H13F2N3O2/c17-14-11(6-7-19-15(14)18)16(23)20-10-3-1-2-9(8-10)12-4-5-13(22)21-12/h1-3,6-8,12H,4-5H2,(H,20,23)(H,21,22). The Labute approximate surface area is 130 Å². The van der Waals surface area contributed by atoms with Crippen molar-refractivity contribution in [1.29, 1.82) is 0 Å². The number of amides is 2. The predicted octanol–water partition coefficient (Wildman–Crippen LogP) is 2.56. The zero-order valence-corrected chi connectivity index (χ0v) is 12.0. The van der Waals surface area contributed by atoms with E-state index >= 15 is 0 Å². The Kier molecular flexibility index (Phi) is 4.01. The number of rotatable bonds is 3. The van der Waals surface area contributed by atoms with Crippen molar-refractivity contribution in [3.8, 4) is 0 Å². The van der Waals surface area contributed by atoms with E-state index in [0.29, 0.717) is 18.5 Å². The molecule has 2 N–H and O–H groups in total. The van der Waals surface area contributed by atoms with Gasteiger partial charge in [-0.2, -0.15) is 4.39 Å². The van der Waals surface area contributed by atoms with E-state index in [1.54, 1.807) is 18.2 Å². The summed E-state index contributed by atoms with van der Waals surface area (Å²) in [4.78, 5) is 26.5. The van der Waals surface area contributed by atoms with Gasteiger partial charge in [0.05, 0.1) is 11.6 Å². The molecule has 5 nitrogen and oxygen atoms in total. The molecule has 2 heterocycles. The second kappa shape index (κ2) is 6.12. The molecule has 1 unspecified atom stereocenters. The average Bonchev–Trinajstić information content (AvgIpc) is 2.97. The lowest BCUT2D eigenvalue weighted by molar-refractivity contribution is -0.119. The van der Waals surface area contributed by atoms with Gasteiger partial charge in [-0.3, -0.25) is 9.59 Å². The first-order chi connectivity index (χ1) is 11.0. The minimum absolute atomic E-state index is 0.0150. The molecule has 3 rings (SSSR count). The summed E-state index contributed by atoms with van der Waals surface area (Å²) in [5.41, 5.74) is 0.859. The summed E-state index contributed by atoms with van der Waals surface area (Å²) in [6.45, 7) is 0. The second-order valence-electron chi connectivity index (χ2n) is 5.20. The molecule has 1 saturated heterocycles. The first kappa shape index (κ1) is 15.1. The fourth-order valence-corrected chi connectivity index (χ4v) is 2.49. The van der Waals surface area contributed by atoms with Gasteiger partial charge >= 0.3 is 0 Å². The number of hydrogen-bond acceptors (Lipinski definition) is 3. The van der Waals surface area contributed by atoms with Crippen LogP contribution in [0.1, 0.15) is 34.8 Å². The molecule has 2 aromatic rings. The highest BCUT2D eigenvalue weighted by molar-refractivity contribution is 6.04. The van der Waals surface area contributed by atoms with Crippen LogP contribution < -0.4 is 10.6 Å². The van der Waals surface area contributed by atoms with Gasteiger partial charge in [-0.05, 0) is 30.2 Å². The van der Waals surface area contributed by atoms with Crippen LogP contribution in [-0.2, 0) is 4.79 Å². The summed E-state index contributed by atoms with van der Waals surface area (Å²) < 4.78 is 26.7. The summed E-state index contributed by atoms with van der Waals surface area (Å²) in [7, 11) is 0. The zero-order chi connectivity index (χ0) is 16.4. The van der Waals surface area contributed by atoms with Crippen LogP contribution in [0.3, 0.4) is 0 Å². The van der Waals surface area contributed by atoms with E-state index < -0.39 is 23.2 Å². The maximum Gasteiger partial charge on any atom is 0.258 e. The molecule has 7 heteroatoms. The largest absolute Gasteiger partial charge is 0.349 e. The third-order valence-corrected chi connectivity index (χ3v) is 3.63. The summed E-state index contributed by atoms with van der Waals surface area (Å²) in [5, 5.41) is 5.34. The number of benzene rings is 1. The first-order valence-electron chi connectivity index (χ1n) is 7.05. The third-order valence-electron chi connectivity index (χ3n) is 3.63. The van der Waals surface area contributed by atoms with Crippen LogP contribution in [-0.4, -0.2) is 16.8 Å². The number of hydrogen-bond donors (Lipinski definition) is 2. The fraction of sp³-hybridized carbons (Fsp3) is 0.188. The van der Waals surface area contributed by atoms with Gasteiger partial charge in [0.15, 0.2) is 5.82 Å². The number of halogens is 2. The van der Waals surface area contributed by atoms with Gasteiger partial charge in [-0.15, -0.1) is 0 Å². The normalized spacial score (nSPS) is 17.0. The van der Waals surface area contributed by atoms with Crippen molar-refractivity contribution >= 4 is 17.5 Å². The highest BCUT2D eigenvalue weighted by Crippen LogP contribution is 2.26. The first-order valence-corrected chi connectivity index (χ1v) is 7.05. The molecular weight excluding hydrogens is 304 g/mol. The van der Waals surface area contributed by atoms with Crippen molar-refractivity contribution in [3.05, 3.63) is 59.4 Å². The SMILES string of the molecule is O=C1CCC(c2cccc(NC(=O)c3ccnc(F)c3F)c2)N1. The van der Waals surface area contributed by atoms with Crippen molar-refractivity contribution in [2.75, 3.05) is 5.32 Å². The van der Waals surface area contributed by atoms with Crippen LogP contribution in [0.5, 0.6) is 0 Å². The molecule has 0 bridgehead atoms. The molecule has 0 saturated carbocycles. The summed E-state index contributed by atoms with van der Waals surface area (Å²) in [6.07, 6.45) is 2.17. The van der Waals surface area contributed by atoms with E-state index in [9.17, 15) is 18.4 Å².